The minimum Gasteiger partial charge on any atom is -0.343 e. The van der Waals surface area contributed by atoms with Crippen LogP contribution in [-0.4, -0.2) is 51.7 Å². The number of piperidine rings is 1. The number of carbonyl (C=O) groups excluding carboxylic acids is 2. The maximum atomic E-state index is 12.3. The van der Waals surface area contributed by atoms with Crippen LogP contribution < -0.4 is 10.6 Å². The van der Waals surface area contributed by atoms with Gasteiger partial charge in [-0.25, -0.2) is 9.48 Å². The van der Waals surface area contributed by atoms with Crippen molar-refractivity contribution in [2.24, 2.45) is 0 Å². The Balaban J connectivity index is 1.56. The lowest BCUT2D eigenvalue weighted by atomic mass is 10.0. The number of nitrogens with one attached hydrogen (secondary N) is 2. The third-order valence-electron chi connectivity index (χ3n) is 4.72. The number of halogens is 1. The zero-order valence-electron chi connectivity index (χ0n) is 15.7. The number of hydrogen-bond donors (Lipinski definition) is 2. The fraction of sp³-hybridized carbons (Fsp3) is 0.421. The smallest absolute Gasteiger partial charge is 0.324 e. The average molecular weight is 422 g/mol. The topological polar surface area (TPSA) is 79.3 Å². The second-order valence-electron chi connectivity index (χ2n) is 6.57. The standard InChI is InChI=1S/C19H24ClN5O2S/c1-28-13-9-18(26)24-11-7-14(8-12-24)25-17(6-10-21-25)23-19(27)22-16-5-3-2-4-15(16)20/h2-6,10,14H,7-9,11-13H2,1H3,(H2,22,23,27). The van der Waals surface area contributed by atoms with Gasteiger partial charge in [0.15, 0.2) is 0 Å². The van der Waals surface area contributed by atoms with E-state index in [1.54, 1.807) is 48.3 Å². The molecule has 0 unspecified atom stereocenters. The number of urea groups is 1. The zero-order valence-corrected chi connectivity index (χ0v) is 17.3. The van der Waals surface area contributed by atoms with Crippen LogP contribution in [0.2, 0.25) is 5.02 Å². The molecule has 0 spiro atoms. The Kier molecular flexibility index (Phi) is 7.22. The van der Waals surface area contributed by atoms with Crippen LogP contribution in [0.25, 0.3) is 0 Å². The maximum absolute atomic E-state index is 12.3. The fourth-order valence-electron chi connectivity index (χ4n) is 3.24. The largest absolute Gasteiger partial charge is 0.343 e. The van der Waals surface area contributed by atoms with Crippen LogP contribution in [0.1, 0.15) is 25.3 Å². The molecule has 2 heterocycles. The molecule has 1 aliphatic heterocycles. The summed E-state index contributed by atoms with van der Waals surface area (Å²) >= 11 is 7.77. The lowest BCUT2D eigenvalue weighted by molar-refractivity contribution is -0.132. The van der Waals surface area contributed by atoms with Gasteiger partial charge < -0.3 is 10.2 Å². The average Bonchev–Trinajstić information content (AvgIpc) is 3.16. The maximum Gasteiger partial charge on any atom is 0.324 e. The Hall–Kier alpha value is -2.19. The number of carbonyl (C=O) groups is 2. The summed E-state index contributed by atoms with van der Waals surface area (Å²) in [6, 6.07) is 8.61. The van der Waals surface area contributed by atoms with Gasteiger partial charge in [0.05, 0.1) is 22.9 Å². The van der Waals surface area contributed by atoms with Gasteiger partial charge >= 0.3 is 6.03 Å². The molecule has 0 aliphatic carbocycles. The van der Waals surface area contributed by atoms with Crippen molar-refractivity contribution in [2.75, 3.05) is 35.7 Å². The third-order valence-corrected chi connectivity index (χ3v) is 5.66. The van der Waals surface area contributed by atoms with Crippen molar-refractivity contribution in [2.45, 2.75) is 25.3 Å². The number of para-hydroxylation sites is 1. The van der Waals surface area contributed by atoms with E-state index in [1.165, 1.54) is 0 Å². The molecule has 1 fully saturated rings. The molecule has 2 aromatic rings. The number of rotatable bonds is 6. The fourth-order valence-corrected chi connectivity index (χ4v) is 3.81. The summed E-state index contributed by atoms with van der Waals surface area (Å²) in [5.74, 6) is 1.69. The van der Waals surface area contributed by atoms with Gasteiger partial charge in [-0.15, -0.1) is 0 Å². The van der Waals surface area contributed by atoms with E-state index in [4.69, 9.17) is 11.6 Å². The van der Waals surface area contributed by atoms with E-state index >= 15 is 0 Å². The van der Waals surface area contributed by atoms with Gasteiger partial charge in [0.25, 0.3) is 0 Å². The molecule has 1 aromatic carbocycles. The molecular formula is C19H24ClN5O2S. The molecule has 0 bridgehead atoms. The number of aromatic nitrogens is 2. The summed E-state index contributed by atoms with van der Waals surface area (Å²) in [5, 5.41) is 10.4. The normalized spacial score (nSPS) is 14.7. The highest BCUT2D eigenvalue weighted by Gasteiger charge is 2.25. The summed E-state index contributed by atoms with van der Waals surface area (Å²) in [4.78, 5) is 26.4. The Labute approximate surface area is 173 Å². The van der Waals surface area contributed by atoms with Gasteiger partial charge in [0.1, 0.15) is 5.82 Å². The van der Waals surface area contributed by atoms with Crippen molar-refractivity contribution in [1.82, 2.24) is 14.7 Å². The first-order valence-electron chi connectivity index (χ1n) is 9.21. The predicted molar refractivity (Wildman–Crippen MR) is 114 cm³/mol. The van der Waals surface area contributed by atoms with Crippen molar-refractivity contribution >= 4 is 46.8 Å². The van der Waals surface area contributed by atoms with E-state index in [9.17, 15) is 9.59 Å². The minimum atomic E-state index is -0.375. The number of nitrogens with zero attached hydrogens (tertiary/aromatic N) is 3. The summed E-state index contributed by atoms with van der Waals surface area (Å²) in [6.07, 6.45) is 5.89. The number of likely N-dealkylation sites (tertiary alicyclic amines) is 1. The van der Waals surface area contributed by atoms with Gasteiger partial charge in [-0.05, 0) is 31.2 Å². The van der Waals surface area contributed by atoms with E-state index in [1.807, 2.05) is 15.8 Å². The Morgan fingerprint density at radius 3 is 2.68 bits per heavy atom. The summed E-state index contributed by atoms with van der Waals surface area (Å²) in [7, 11) is 0. The van der Waals surface area contributed by atoms with Crippen LogP contribution in [0.3, 0.4) is 0 Å². The zero-order chi connectivity index (χ0) is 19.9. The van der Waals surface area contributed by atoms with Crippen LogP contribution in [0.4, 0.5) is 16.3 Å². The molecule has 3 amide bonds. The molecule has 9 heteroatoms. The van der Waals surface area contributed by atoms with E-state index in [0.717, 1.165) is 18.6 Å². The van der Waals surface area contributed by atoms with E-state index in [2.05, 4.69) is 15.7 Å². The Morgan fingerprint density at radius 2 is 1.96 bits per heavy atom. The van der Waals surface area contributed by atoms with Crippen molar-refractivity contribution in [1.29, 1.82) is 0 Å². The van der Waals surface area contributed by atoms with Crippen molar-refractivity contribution in [3.63, 3.8) is 0 Å². The van der Waals surface area contributed by atoms with E-state index in [-0.39, 0.29) is 18.0 Å². The van der Waals surface area contributed by atoms with Gasteiger partial charge in [0, 0.05) is 31.3 Å². The lowest BCUT2D eigenvalue weighted by Gasteiger charge is -2.32. The summed E-state index contributed by atoms with van der Waals surface area (Å²) < 4.78 is 1.83. The van der Waals surface area contributed by atoms with Crippen molar-refractivity contribution in [3.8, 4) is 0 Å². The molecular weight excluding hydrogens is 398 g/mol. The Bertz CT molecular complexity index is 820. The SMILES string of the molecule is CSCCC(=O)N1CCC(n2nccc2NC(=O)Nc2ccccc2Cl)CC1. The molecule has 1 aromatic heterocycles. The van der Waals surface area contributed by atoms with Crippen molar-refractivity contribution < 1.29 is 9.59 Å². The van der Waals surface area contributed by atoms with E-state index < -0.39 is 0 Å². The molecule has 28 heavy (non-hydrogen) atoms. The summed E-state index contributed by atoms with van der Waals surface area (Å²) in [6.45, 7) is 1.42. The first-order valence-corrected chi connectivity index (χ1v) is 11.0. The van der Waals surface area contributed by atoms with Crippen LogP contribution in [0.15, 0.2) is 36.5 Å². The number of thioether (sulfide) groups is 1. The highest BCUT2D eigenvalue weighted by Crippen LogP contribution is 2.26. The molecule has 0 atom stereocenters. The monoisotopic (exact) mass is 421 g/mol. The molecule has 3 rings (SSSR count). The predicted octanol–water partition coefficient (Wildman–Crippen LogP) is 4.10. The van der Waals surface area contributed by atoms with Gasteiger partial charge in [-0.2, -0.15) is 16.9 Å². The second kappa shape index (κ2) is 9.84. The molecule has 0 radical (unpaired) electrons. The minimum absolute atomic E-state index is 0.148. The van der Waals surface area contributed by atoms with Gasteiger partial charge in [-0.3, -0.25) is 10.1 Å². The molecule has 1 saturated heterocycles. The number of benzene rings is 1. The van der Waals surface area contributed by atoms with Gasteiger partial charge in [0.2, 0.25) is 5.91 Å². The van der Waals surface area contributed by atoms with Crippen LogP contribution in [0, 0.1) is 0 Å². The molecule has 2 N–H and O–H groups in total. The van der Waals surface area contributed by atoms with Crippen molar-refractivity contribution in [3.05, 3.63) is 41.6 Å². The van der Waals surface area contributed by atoms with Crippen LogP contribution >= 0.6 is 23.4 Å². The molecule has 0 saturated carbocycles. The molecule has 150 valence electrons. The lowest BCUT2D eigenvalue weighted by Crippen LogP contribution is -2.39. The highest BCUT2D eigenvalue weighted by molar-refractivity contribution is 7.98. The van der Waals surface area contributed by atoms with Gasteiger partial charge in [-0.1, -0.05) is 23.7 Å². The van der Waals surface area contributed by atoms with E-state index in [0.29, 0.717) is 36.0 Å². The van der Waals surface area contributed by atoms with Crippen LogP contribution in [-0.2, 0) is 4.79 Å². The first kappa shape index (κ1) is 20.5. The quantitative estimate of drug-likeness (QED) is 0.736. The summed E-state index contributed by atoms with van der Waals surface area (Å²) in [5.41, 5.74) is 0.546. The molecule has 7 nitrogen and oxygen atoms in total. The molecule has 1 aliphatic rings. The second-order valence-corrected chi connectivity index (χ2v) is 7.97. The third kappa shape index (κ3) is 5.20. The Morgan fingerprint density at radius 1 is 1.21 bits per heavy atom. The first-order chi connectivity index (χ1) is 13.6. The highest BCUT2D eigenvalue weighted by atomic mass is 35.5. The number of hydrogen-bond acceptors (Lipinski definition) is 4. The van der Waals surface area contributed by atoms with Crippen LogP contribution in [0.5, 0.6) is 0 Å². The number of amides is 3. The number of anilines is 2.